The summed E-state index contributed by atoms with van der Waals surface area (Å²) in [5.74, 6) is 0.603. The predicted octanol–water partition coefficient (Wildman–Crippen LogP) is 4.15. The van der Waals surface area contributed by atoms with Crippen molar-refractivity contribution in [1.82, 2.24) is 14.2 Å². The Bertz CT molecular complexity index is 1100. The maximum Gasteiger partial charge on any atom is 0.150 e. The monoisotopic (exact) mass is 342 g/mol. The number of nitrogens with zero attached hydrogens (tertiary/aromatic N) is 4. The zero-order chi connectivity index (χ0) is 17.5. The summed E-state index contributed by atoms with van der Waals surface area (Å²) in [6, 6.07) is 20.5. The van der Waals surface area contributed by atoms with Gasteiger partial charge < -0.3 is 4.57 Å². The summed E-state index contributed by atoms with van der Waals surface area (Å²) in [6.45, 7) is 0.628. The van der Waals surface area contributed by atoms with Gasteiger partial charge >= 0.3 is 0 Å². The second-order valence-electron chi connectivity index (χ2n) is 6.23. The van der Waals surface area contributed by atoms with E-state index in [-0.39, 0.29) is 5.82 Å². The van der Waals surface area contributed by atoms with E-state index in [0.29, 0.717) is 6.54 Å². The summed E-state index contributed by atoms with van der Waals surface area (Å²) >= 11 is 0. The molecule has 1 aliphatic rings. The quantitative estimate of drug-likeness (QED) is 0.474. The van der Waals surface area contributed by atoms with Gasteiger partial charge in [0.15, 0.2) is 0 Å². The van der Waals surface area contributed by atoms with E-state index in [9.17, 15) is 4.39 Å². The van der Waals surface area contributed by atoms with Gasteiger partial charge in [-0.3, -0.25) is 0 Å². The van der Waals surface area contributed by atoms with Gasteiger partial charge in [-0.15, -0.1) is 0 Å². The number of fused-ring (bicyclic) bond motifs is 2. The molecule has 0 saturated heterocycles. The molecular weight excluding hydrogens is 327 g/mol. The van der Waals surface area contributed by atoms with Crippen molar-refractivity contribution in [3.63, 3.8) is 0 Å². The smallest absolute Gasteiger partial charge is 0.150 e. The first-order chi connectivity index (χ1) is 12.8. The maximum absolute atomic E-state index is 13.3. The Balaban J connectivity index is 1.68. The molecule has 0 N–H and O–H groups in total. The molecule has 4 aromatic rings. The Labute approximate surface area is 149 Å². The van der Waals surface area contributed by atoms with Crippen molar-refractivity contribution in [2.24, 2.45) is 5.10 Å². The first-order valence-electron chi connectivity index (χ1n) is 8.42. The van der Waals surface area contributed by atoms with Crippen LogP contribution in [0.15, 0.2) is 84.2 Å². The molecule has 1 aliphatic heterocycles. The van der Waals surface area contributed by atoms with Crippen molar-refractivity contribution in [1.29, 1.82) is 0 Å². The van der Waals surface area contributed by atoms with Crippen LogP contribution in [0, 0.1) is 5.82 Å². The van der Waals surface area contributed by atoms with Gasteiger partial charge in [-0.05, 0) is 36.4 Å². The van der Waals surface area contributed by atoms with Crippen LogP contribution in [0.4, 0.5) is 4.39 Å². The van der Waals surface area contributed by atoms with Crippen molar-refractivity contribution in [3.05, 3.63) is 102 Å². The average Bonchev–Trinajstić information content (AvgIpc) is 3.26. The van der Waals surface area contributed by atoms with E-state index in [2.05, 4.69) is 4.57 Å². The summed E-state index contributed by atoms with van der Waals surface area (Å²) in [7, 11) is 0. The first-order valence-corrected chi connectivity index (χ1v) is 8.42. The molecule has 0 unspecified atom stereocenters. The minimum absolute atomic E-state index is 0.256. The summed E-state index contributed by atoms with van der Waals surface area (Å²) in [6.07, 6.45) is 3.96. The van der Waals surface area contributed by atoms with E-state index in [1.165, 1.54) is 12.1 Å². The highest BCUT2D eigenvalue weighted by Crippen LogP contribution is 2.23. The molecule has 5 heteroatoms. The lowest BCUT2D eigenvalue weighted by atomic mass is 10.1. The lowest BCUT2D eigenvalue weighted by Gasteiger charge is -2.07. The van der Waals surface area contributed by atoms with Crippen molar-refractivity contribution in [2.75, 3.05) is 0 Å². The fourth-order valence-electron chi connectivity index (χ4n) is 3.24. The molecule has 26 heavy (non-hydrogen) atoms. The van der Waals surface area contributed by atoms with Gasteiger partial charge in [-0.2, -0.15) is 5.10 Å². The Hall–Kier alpha value is -3.47. The van der Waals surface area contributed by atoms with Gasteiger partial charge in [0.2, 0.25) is 0 Å². The Kier molecular flexibility index (Phi) is 3.31. The Morgan fingerprint density at radius 2 is 1.65 bits per heavy atom. The molecule has 3 heterocycles. The molecule has 0 radical (unpaired) electrons. The fraction of sp³-hybridized carbons (Fsp3) is 0.0476. The van der Waals surface area contributed by atoms with Crippen LogP contribution in [-0.4, -0.2) is 19.9 Å². The topological polar surface area (TPSA) is 35.1 Å². The molecule has 0 amide bonds. The molecule has 2 aromatic carbocycles. The molecule has 0 atom stereocenters. The number of rotatable bonds is 2. The molecule has 0 saturated carbocycles. The van der Waals surface area contributed by atoms with Crippen LogP contribution in [0.25, 0.3) is 11.3 Å². The SMILES string of the molecule is Fc1ccc(C2=Nn3cc(-c4ccccc4)nc3Cn3cccc32)cc1. The highest BCUT2D eigenvalue weighted by Gasteiger charge is 2.19. The second kappa shape index (κ2) is 5.81. The van der Waals surface area contributed by atoms with Crippen LogP contribution in [-0.2, 0) is 6.54 Å². The molecule has 5 rings (SSSR count). The molecule has 0 bridgehead atoms. The van der Waals surface area contributed by atoms with Gasteiger partial charge in [0.25, 0.3) is 0 Å². The summed E-state index contributed by atoms with van der Waals surface area (Å²) in [4.78, 5) is 4.78. The van der Waals surface area contributed by atoms with Crippen LogP contribution in [0.1, 0.15) is 17.1 Å². The van der Waals surface area contributed by atoms with Gasteiger partial charge in [-0.1, -0.05) is 30.3 Å². The second-order valence-corrected chi connectivity index (χ2v) is 6.23. The van der Waals surface area contributed by atoms with Crippen molar-refractivity contribution < 1.29 is 4.39 Å². The maximum atomic E-state index is 13.3. The van der Waals surface area contributed by atoms with Crippen LogP contribution in [0.3, 0.4) is 0 Å². The van der Waals surface area contributed by atoms with E-state index in [4.69, 9.17) is 10.1 Å². The van der Waals surface area contributed by atoms with E-state index < -0.39 is 0 Å². The normalized spacial score (nSPS) is 12.9. The molecule has 0 spiro atoms. The van der Waals surface area contributed by atoms with Crippen molar-refractivity contribution in [3.8, 4) is 11.3 Å². The van der Waals surface area contributed by atoms with E-state index >= 15 is 0 Å². The summed E-state index contributed by atoms with van der Waals surface area (Å²) < 4.78 is 17.3. The number of halogens is 1. The third-order valence-corrected chi connectivity index (χ3v) is 4.54. The highest BCUT2D eigenvalue weighted by atomic mass is 19.1. The van der Waals surface area contributed by atoms with Gasteiger partial charge in [0.1, 0.15) is 17.4 Å². The standard InChI is InChI=1S/C21H15FN4/c22-17-10-8-16(9-11-17)21-19-7-4-12-25(19)14-20-23-18(13-26(20)24-21)15-5-2-1-3-6-15/h1-13H,14H2. The van der Waals surface area contributed by atoms with Gasteiger partial charge in [-0.25, -0.2) is 14.1 Å². The number of aromatic nitrogens is 3. The van der Waals surface area contributed by atoms with E-state index in [1.807, 2.05) is 59.5 Å². The average molecular weight is 342 g/mol. The van der Waals surface area contributed by atoms with Crippen molar-refractivity contribution in [2.45, 2.75) is 6.54 Å². The third-order valence-electron chi connectivity index (χ3n) is 4.54. The van der Waals surface area contributed by atoms with Crippen LogP contribution < -0.4 is 0 Å². The van der Waals surface area contributed by atoms with Crippen LogP contribution in [0.2, 0.25) is 0 Å². The number of benzene rings is 2. The molecular formula is C21H15FN4. The largest absolute Gasteiger partial charge is 0.339 e. The summed E-state index contributed by atoms with van der Waals surface area (Å²) in [5.41, 5.74) is 4.60. The van der Waals surface area contributed by atoms with Crippen LogP contribution in [0.5, 0.6) is 0 Å². The zero-order valence-corrected chi connectivity index (χ0v) is 13.9. The van der Waals surface area contributed by atoms with Crippen LogP contribution >= 0.6 is 0 Å². The molecule has 0 fully saturated rings. The Morgan fingerprint density at radius 1 is 0.846 bits per heavy atom. The Morgan fingerprint density at radius 3 is 2.46 bits per heavy atom. The van der Waals surface area contributed by atoms with Gasteiger partial charge in [0, 0.05) is 17.3 Å². The number of hydrogen-bond acceptors (Lipinski definition) is 2. The van der Waals surface area contributed by atoms with E-state index in [1.54, 1.807) is 12.1 Å². The van der Waals surface area contributed by atoms with Gasteiger partial charge in [0.05, 0.1) is 24.1 Å². The number of hydrogen-bond donors (Lipinski definition) is 0. The predicted molar refractivity (Wildman–Crippen MR) is 98.6 cm³/mol. The zero-order valence-electron chi connectivity index (χ0n) is 13.9. The highest BCUT2D eigenvalue weighted by molar-refractivity contribution is 6.12. The molecule has 4 nitrogen and oxygen atoms in total. The minimum Gasteiger partial charge on any atom is -0.339 e. The lowest BCUT2D eigenvalue weighted by Crippen LogP contribution is -2.09. The fourth-order valence-corrected chi connectivity index (χ4v) is 3.24. The molecule has 0 aliphatic carbocycles. The molecule has 2 aromatic heterocycles. The third kappa shape index (κ3) is 2.45. The summed E-state index contributed by atoms with van der Waals surface area (Å²) in [5, 5.41) is 4.83. The lowest BCUT2D eigenvalue weighted by molar-refractivity contribution is 0.628. The van der Waals surface area contributed by atoms with Crippen molar-refractivity contribution >= 4 is 5.71 Å². The minimum atomic E-state index is -0.256. The van der Waals surface area contributed by atoms with E-state index in [0.717, 1.165) is 34.1 Å². The number of imidazole rings is 1. The molecule has 126 valence electrons. The first kappa shape index (κ1) is 14.8.